The Morgan fingerprint density at radius 2 is 2.05 bits per heavy atom. The first-order chi connectivity index (χ1) is 9.72. The number of hydrogen-bond acceptors (Lipinski definition) is 3. The SMILES string of the molecule is COc1cc(CNCC2CCC(C)CC2)ccc1C#N. The third kappa shape index (κ3) is 3.98. The summed E-state index contributed by atoms with van der Waals surface area (Å²) in [6, 6.07) is 7.92. The summed E-state index contributed by atoms with van der Waals surface area (Å²) in [5.74, 6) is 2.40. The molecular formula is C17H24N2O. The molecule has 3 nitrogen and oxygen atoms in total. The van der Waals surface area contributed by atoms with E-state index in [9.17, 15) is 0 Å². The molecule has 1 fully saturated rings. The molecule has 0 radical (unpaired) electrons. The second kappa shape index (κ2) is 7.31. The Kier molecular flexibility index (Phi) is 5.43. The van der Waals surface area contributed by atoms with Gasteiger partial charge in [-0.15, -0.1) is 0 Å². The molecule has 0 bridgehead atoms. The number of hydrogen-bond donors (Lipinski definition) is 1. The minimum Gasteiger partial charge on any atom is -0.495 e. The molecule has 3 heteroatoms. The summed E-state index contributed by atoms with van der Waals surface area (Å²) in [6.07, 6.45) is 5.45. The van der Waals surface area contributed by atoms with E-state index in [-0.39, 0.29) is 0 Å². The van der Waals surface area contributed by atoms with Crippen LogP contribution in [0.5, 0.6) is 5.75 Å². The fourth-order valence-corrected chi connectivity index (χ4v) is 2.89. The fraction of sp³-hybridized carbons (Fsp3) is 0.588. The van der Waals surface area contributed by atoms with E-state index in [1.54, 1.807) is 7.11 Å². The van der Waals surface area contributed by atoms with Gasteiger partial charge in [0, 0.05) is 6.54 Å². The highest BCUT2D eigenvalue weighted by molar-refractivity contribution is 5.45. The maximum Gasteiger partial charge on any atom is 0.136 e. The van der Waals surface area contributed by atoms with Gasteiger partial charge in [0.2, 0.25) is 0 Å². The van der Waals surface area contributed by atoms with E-state index in [4.69, 9.17) is 10.00 Å². The predicted octanol–water partition coefficient (Wildman–Crippen LogP) is 3.48. The van der Waals surface area contributed by atoms with Crippen molar-refractivity contribution in [1.82, 2.24) is 5.32 Å². The summed E-state index contributed by atoms with van der Waals surface area (Å²) >= 11 is 0. The van der Waals surface area contributed by atoms with E-state index >= 15 is 0 Å². The van der Waals surface area contributed by atoms with Gasteiger partial charge < -0.3 is 10.1 Å². The van der Waals surface area contributed by atoms with Crippen molar-refractivity contribution in [2.45, 2.75) is 39.2 Å². The van der Waals surface area contributed by atoms with Crippen LogP contribution in [0.3, 0.4) is 0 Å². The molecule has 1 aromatic carbocycles. The third-order valence-electron chi connectivity index (χ3n) is 4.28. The van der Waals surface area contributed by atoms with Crippen molar-refractivity contribution in [3.8, 4) is 11.8 Å². The molecule has 0 amide bonds. The summed E-state index contributed by atoms with van der Waals surface area (Å²) in [5.41, 5.74) is 1.77. The minimum atomic E-state index is 0.595. The number of methoxy groups -OCH3 is 1. The lowest BCUT2D eigenvalue weighted by atomic mass is 9.83. The zero-order chi connectivity index (χ0) is 14.4. The van der Waals surface area contributed by atoms with Crippen LogP contribution in [0, 0.1) is 23.2 Å². The van der Waals surface area contributed by atoms with E-state index < -0.39 is 0 Å². The lowest BCUT2D eigenvalue weighted by molar-refractivity contribution is 0.281. The summed E-state index contributed by atoms with van der Waals surface area (Å²) in [4.78, 5) is 0. The topological polar surface area (TPSA) is 45.0 Å². The highest BCUT2D eigenvalue weighted by Gasteiger charge is 2.17. The van der Waals surface area contributed by atoms with E-state index in [2.05, 4.69) is 18.3 Å². The number of nitriles is 1. The van der Waals surface area contributed by atoms with Crippen molar-refractivity contribution in [3.05, 3.63) is 29.3 Å². The third-order valence-corrected chi connectivity index (χ3v) is 4.28. The quantitative estimate of drug-likeness (QED) is 0.892. The van der Waals surface area contributed by atoms with Gasteiger partial charge in [-0.3, -0.25) is 0 Å². The van der Waals surface area contributed by atoms with Crippen LogP contribution in [-0.4, -0.2) is 13.7 Å². The predicted molar refractivity (Wildman–Crippen MR) is 80.5 cm³/mol. The van der Waals surface area contributed by atoms with Gasteiger partial charge in [-0.2, -0.15) is 5.26 Å². The van der Waals surface area contributed by atoms with Crippen molar-refractivity contribution < 1.29 is 4.74 Å². The van der Waals surface area contributed by atoms with Gasteiger partial charge >= 0.3 is 0 Å². The molecule has 1 saturated carbocycles. The maximum atomic E-state index is 8.96. The normalized spacial score (nSPS) is 22.2. The van der Waals surface area contributed by atoms with Crippen LogP contribution >= 0.6 is 0 Å². The van der Waals surface area contributed by atoms with Crippen LogP contribution in [0.4, 0.5) is 0 Å². The molecule has 0 unspecified atom stereocenters. The maximum absolute atomic E-state index is 8.96. The second-order valence-electron chi connectivity index (χ2n) is 5.90. The van der Waals surface area contributed by atoms with E-state index in [0.717, 1.165) is 24.9 Å². The van der Waals surface area contributed by atoms with E-state index in [1.807, 2.05) is 18.2 Å². The van der Waals surface area contributed by atoms with Crippen LogP contribution in [0.15, 0.2) is 18.2 Å². The first kappa shape index (κ1) is 14.9. The highest BCUT2D eigenvalue weighted by Crippen LogP contribution is 2.27. The number of benzene rings is 1. The molecule has 1 aliphatic carbocycles. The number of rotatable bonds is 5. The van der Waals surface area contributed by atoms with Crippen molar-refractivity contribution in [3.63, 3.8) is 0 Å². The van der Waals surface area contributed by atoms with Gasteiger partial charge in [-0.05, 0) is 48.9 Å². The number of nitrogens with one attached hydrogen (secondary N) is 1. The monoisotopic (exact) mass is 272 g/mol. The minimum absolute atomic E-state index is 0.595. The number of ether oxygens (including phenoxy) is 1. The molecule has 20 heavy (non-hydrogen) atoms. The number of nitrogens with zero attached hydrogens (tertiary/aromatic N) is 1. The Bertz CT molecular complexity index is 470. The molecule has 108 valence electrons. The summed E-state index contributed by atoms with van der Waals surface area (Å²) in [5, 5.41) is 12.5. The Morgan fingerprint density at radius 3 is 2.70 bits per heavy atom. The molecule has 1 aromatic rings. The molecule has 0 aliphatic heterocycles. The first-order valence-corrected chi connectivity index (χ1v) is 7.50. The van der Waals surface area contributed by atoms with Crippen molar-refractivity contribution in [2.24, 2.45) is 11.8 Å². The summed E-state index contributed by atoms with van der Waals surface area (Å²) in [6.45, 7) is 4.29. The van der Waals surface area contributed by atoms with Crippen molar-refractivity contribution in [2.75, 3.05) is 13.7 Å². The zero-order valence-corrected chi connectivity index (χ0v) is 12.5. The summed E-state index contributed by atoms with van der Waals surface area (Å²) in [7, 11) is 1.61. The molecule has 0 aromatic heterocycles. The lowest BCUT2D eigenvalue weighted by Crippen LogP contribution is -2.25. The smallest absolute Gasteiger partial charge is 0.136 e. The van der Waals surface area contributed by atoms with E-state index in [0.29, 0.717) is 11.3 Å². The fourth-order valence-electron chi connectivity index (χ4n) is 2.89. The van der Waals surface area contributed by atoms with Crippen molar-refractivity contribution >= 4 is 0 Å². The molecule has 0 spiro atoms. The average Bonchev–Trinajstić information content (AvgIpc) is 2.49. The molecule has 0 heterocycles. The highest BCUT2D eigenvalue weighted by atomic mass is 16.5. The van der Waals surface area contributed by atoms with Gasteiger partial charge in [0.25, 0.3) is 0 Å². The van der Waals surface area contributed by atoms with E-state index in [1.165, 1.54) is 31.2 Å². The first-order valence-electron chi connectivity index (χ1n) is 7.50. The van der Waals surface area contributed by atoms with Gasteiger partial charge in [0.05, 0.1) is 12.7 Å². The van der Waals surface area contributed by atoms with Gasteiger partial charge in [0.1, 0.15) is 11.8 Å². The van der Waals surface area contributed by atoms with Gasteiger partial charge in [0.15, 0.2) is 0 Å². The van der Waals surface area contributed by atoms with Crippen LogP contribution in [0.2, 0.25) is 0 Å². The van der Waals surface area contributed by atoms with Crippen LogP contribution in [0.25, 0.3) is 0 Å². The molecule has 0 atom stereocenters. The molecular weight excluding hydrogens is 248 g/mol. The molecule has 1 N–H and O–H groups in total. The zero-order valence-electron chi connectivity index (χ0n) is 12.5. The van der Waals surface area contributed by atoms with Gasteiger partial charge in [-0.25, -0.2) is 0 Å². The largest absolute Gasteiger partial charge is 0.495 e. The van der Waals surface area contributed by atoms with Crippen LogP contribution in [0.1, 0.15) is 43.7 Å². The Balaban J connectivity index is 1.81. The Morgan fingerprint density at radius 1 is 1.30 bits per heavy atom. The lowest BCUT2D eigenvalue weighted by Gasteiger charge is -2.26. The second-order valence-corrected chi connectivity index (χ2v) is 5.90. The van der Waals surface area contributed by atoms with Crippen molar-refractivity contribution in [1.29, 1.82) is 5.26 Å². The standard InChI is InChI=1S/C17H24N2O/c1-13-3-5-14(6-4-13)11-19-12-15-7-8-16(10-18)17(9-15)20-2/h7-9,13-14,19H,3-6,11-12H2,1-2H3. The Labute approximate surface area is 121 Å². The summed E-state index contributed by atoms with van der Waals surface area (Å²) < 4.78 is 5.23. The molecule has 0 saturated heterocycles. The molecule has 1 aliphatic rings. The van der Waals surface area contributed by atoms with Gasteiger partial charge in [-0.1, -0.05) is 25.8 Å². The van der Waals surface area contributed by atoms with Crippen LogP contribution in [-0.2, 0) is 6.54 Å². The Hall–Kier alpha value is -1.53. The molecule has 2 rings (SSSR count). The van der Waals surface area contributed by atoms with Crippen LogP contribution < -0.4 is 10.1 Å². The average molecular weight is 272 g/mol.